The van der Waals surface area contributed by atoms with Gasteiger partial charge < -0.3 is 4.74 Å². The Morgan fingerprint density at radius 1 is 1.00 bits per heavy atom. The minimum absolute atomic E-state index is 0.212. The number of benzene rings is 2. The third-order valence-electron chi connectivity index (χ3n) is 3.87. The minimum Gasteiger partial charge on any atom is -0.496 e. The van der Waals surface area contributed by atoms with Gasteiger partial charge >= 0.3 is 0 Å². The molecule has 0 aromatic heterocycles. The van der Waals surface area contributed by atoms with Crippen LogP contribution >= 0.6 is 0 Å². The Hall–Kier alpha value is -2.35. The van der Waals surface area contributed by atoms with Gasteiger partial charge in [-0.15, -0.1) is 0 Å². The average molecular weight is 293 g/mol. The summed E-state index contributed by atoms with van der Waals surface area (Å²) in [6, 6.07) is 15.1. The van der Waals surface area contributed by atoms with Crippen molar-refractivity contribution in [3.63, 3.8) is 0 Å². The lowest BCUT2D eigenvalue weighted by atomic mass is 9.86. The number of allylic oxidation sites excluding steroid dienone is 3. The van der Waals surface area contributed by atoms with Gasteiger partial charge in [0.1, 0.15) is 11.6 Å². The molecule has 1 nitrogen and oxygen atoms in total. The first-order chi connectivity index (χ1) is 10.7. The van der Waals surface area contributed by atoms with E-state index >= 15 is 0 Å². The molecule has 0 bridgehead atoms. The largest absolute Gasteiger partial charge is 0.496 e. The van der Waals surface area contributed by atoms with Gasteiger partial charge in [-0.1, -0.05) is 48.0 Å². The number of ether oxygens (including phenoxy) is 1. The molecular formula is C20H18FO. The van der Waals surface area contributed by atoms with E-state index in [2.05, 4.69) is 37.6 Å². The van der Waals surface area contributed by atoms with Gasteiger partial charge in [-0.2, -0.15) is 0 Å². The van der Waals surface area contributed by atoms with Crippen LogP contribution in [0.1, 0.15) is 23.1 Å². The Kier molecular flexibility index (Phi) is 4.10. The monoisotopic (exact) mass is 293 g/mol. The highest BCUT2D eigenvalue weighted by Gasteiger charge is 2.21. The third kappa shape index (κ3) is 2.69. The molecule has 0 heterocycles. The van der Waals surface area contributed by atoms with Gasteiger partial charge in [-0.05, 0) is 43.0 Å². The third-order valence-corrected chi connectivity index (χ3v) is 3.87. The Bertz CT molecular complexity index is 739. The summed E-state index contributed by atoms with van der Waals surface area (Å²) < 4.78 is 19.8. The molecule has 111 valence electrons. The topological polar surface area (TPSA) is 9.23 Å². The normalized spacial score (nSPS) is 14.8. The van der Waals surface area contributed by atoms with Crippen molar-refractivity contribution in [3.05, 3.63) is 89.3 Å². The summed E-state index contributed by atoms with van der Waals surface area (Å²) in [4.78, 5) is 0. The van der Waals surface area contributed by atoms with Crippen LogP contribution in [-0.2, 0) is 4.74 Å². The van der Waals surface area contributed by atoms with Gasteiger partial charge in [-0.3, -0.25) is 0 Å². The Morgan fingerprint density at radius 3 is 2.41 bits per heavy atom. The molecule has 0 aliphatic heterocycles. The molecule has 0 N–H and O–H groups in total. The fourth-order valence-electron chi connectivity index (χ4n) is 2.75. The second kappa shape index (κ2) is 6.18. The van der Waals surface area contributed by atoms with Gasteiger partial charge in [-0.25, -0.2) is 4.39 Å². The zero-order valence-electron chi connectivity index (χ0n) is 12.8. The first-order valence-electron chi connectivity index (χ1n) is 7.34. The van der Waals surface area contributed by atoms with E-state index < -0.39 is 0 Å². The SMILES string of the molecule is COC1=CC[CH]C(c2ccccc2F)=C1c1ccc(C)cc1. The highest BCUT2D eigenvalue weighted by molar-refractivity contribution is 6.01. The maximum atomic E-state index is 14.2. The molecule has 2 heteroatoms. The van der Waals surface area contributed by atoms with Crippen molar-refractivity contribution in [2.45, 2.75) is 13.3 Å². The average Bonchev–Trinajstić information content (AvgIpc) is 2.55. The molecule has 2 aromatic rings. The van der Waals surface area contributed by atoms with Gasteiger partial charge in [0.2, 0.25) is 0 Å². The number of halogens is 1. The van der Waals surface area contributed by atoms with E-state index in [1.807, 2.05) is 18.2 Å². The molecule has 1 aliphatic carbocycles. The van der Waals surface area contributed by atoms with Crippen LogP contribution < -0.4 is 0 Å². The lowest BCUT2D eigenvalue weighted by molar-refractivity contribution is 0.309. The molecule has 3 rings (SSSR count). The summed E-state index contributed by atoms with van der Waals surface area (Å²) in [5.41, 5.74) is 4.67. The van der Waals surface area contributed by atoms with Crippen molar-refractivity contribution < 1.29 is 9.13 Å². The molecule has 0 amide bonds. The molecule has 0 fully saturated rings. The number of aryl methyl sites for hydroxylation is 1. The van der Waals surface area contributed by atoms with E-state index in [4.69, 9.17) is 4.74 Å². The molecule has 0 saturated carbocycles. The molecule has 22 heavy (non-hydrogen) atoms. The van der Waals surface area contributed by atoms with Crippen molar-refractivity contribution in [1.29, 1.82) is 0 Å². The van der Waals surface area contributed by atoms with Crippen molar-refractivity contribution in [3.8, 4) is 0 Å². The van der Waals surface area contributed by atoms with Crippen LogP contribution in [0.4, 0.5) is 4.39 Å². The van der Waals surface area contributed by atoms with E-state index in [0.29, 0.717) is 5.56 Å². The van der Waals surface area contributed by atoms with Crippen LogP contribution in [-0.4, -0.2) is 7.11 Å². The highest BCUT2D eigenvalue weighted by atomic mass is 19.1. The van der Waals surface area contributed by atoms with E-state index in [-0.39, 0.29) is 5.82 Å². The number of rotatable bonds is 3. The van der Waals surface area contributed by atoms with Gasteiger partial charge in [0, 0.05) is 11.1 Å². The fraction of sp³-hybridized carbons (Fsp3) is 0.150. The highest BCUT2D eigenvalue weighted by Crippen LogP contribution is 2.39. The smallest absolute Gasteiger partial charge is 0.130 e. The summed E-state index contributed by atoms with van der Waals surface area (Å²) in [7, 11) is 1.66. The van der Waals surface area contributed by atoms with Crippen molar-refractivity contribution in [1.82, 2.24) is 0 Å². The number of hydrogen-bond donors (Lipinski definition) is 0. The summed E-state index contributed by atoms with van der Waals surface area (Å²) in [5.74, 6) is 0.584. The van der Waals surface area contributed by atoms with Gasteiger partial charge in [0.05, 0.1) is 7.11 Å². The predicted molar refractivity (Wildman–Crippen MR) is 88.4 cm³/mol. The van der Waals surface area contributed by atoms with Crippen molar-refractivity contribution in [2.75, 3.05) is 7.11 Å². The quantitative estimate of drug-likeness (QED) is 0.757. The van der Waals surface area contributed by atoms with Crippen LogP contribution in [0.15, 0.2) is 60.4 Å². The molecule has 0 saturated heterocycles. The molecule has 0 spiro atoms. The summed E-state index contributed by atoms with van der Waals surface area (Å²) in [6.07, 6.45) is 4.82. The van der Waals surface area contributed by atoms with Crippen LogP contribution in [0.5, 0.6) is 0 Å². The zero-order valence-corrected chi connectivity index (χ0v) is 12.8. The summed E-state index contributed by atoms with van der Waals surface area (Å²) >= 11 is 0. The Balaban J connectivity index is 2.22. The lowest BCUT2D eigenvalue weighted by Crippen LogP contribution is -2.04. The first-order valence-corrected chi connectivity index (χ1v) is 7.34. The van der Waals surface area contributed by atoms with E-state index in [1.165, 1.54) is 11.6 Å². The van der Waals surface area contributed by atoms with Crippen LogP contribution in [0.2, 0.25) is 0 Å². The molecule has 1 aliphatic rings. The van der Waals surface area contributed by atoms with Gasteiger partial charge in [0.25, 0.3) is 0 Å². The molecule has 0 unspecified atom stereocenters. The van der Waals surface area contributed by atoms with Crippen LogP contribution in [0, 0.1) is 19.2 Å². The molecular weight excluding hydrogens is 275 g/mol. The second-order valence-electron chi connectivity index (χ2n) is 5.35. The van der Waals surface area contributed by atoms with Crippen LogP contribution in [0.25, 0.3) is 11.1 Å². The minimum atomic E-state index is -0.212. The Labute approximate surface area is 130 Å². The fourth-order valence-corrected chi connectivity index (χ4v) is 2.75. The predicted octanol–water partition coefficient (Wildman–Crippen LogP) is 5.18. The maximum Gasteiger partial charge on any atom is 0.130 e. The molecule has 1 radical (unpaired) electrons. The maximum absolute atomic E-state index is 14.2. The van der Waals surface area contributed by atoms with E-state index in [9.17, 15) is 4.39 Å². The van der Waals surface area contributed by atoms with E-state index in [0.717, 1.165) is 28.9 Å². The number of methoxy groups -OCH3 is 1. The Morgan fingerprint density at radius 2 is 1.73 bits per heavy atom. The zero-order chi connectivity index (χ0) is 15.5. The summed E-state index contributed by atoms with van der Waals surface area (Å²) in [6.45, 7) is 2.05. The summed E-state index contributed by atoms with van der Waals surface area (Å²) in [5, 5.41) is 0. The first kappa shape index (κ1) is 14.6. The standard InChI is InChI=1S/C20H18FO/c1-14-10-12-15(13-11-14)20-17(7-5-9-19(20)22-2)16-6-3-4-8-18(16)21/h3-4,6-13H,5H2,1-2H3. The number of hydrogen-bond acceptors (Lipinski definition) is 1. The molecule has 0 atom stereocenters. The van der Waals surface area contributed by atoms with Crippen molar-refractivity contribution in [2.24, 2.45) is 0 Å². The lowest BCUT2D eigenvalue weighted by Gasteiger charge is -2.22. The molecule has 2 aromatic carbocycles. The van der Waals surface area contributed by atoms with E-state index in [1.54, 1.807) is 13.2 Å². The van der Waals surface area contributed by atoms with Gasteiger partial charge in [0.15, 0.2) is 0 Å². The second-order valence-corrected chi connectivity index (χ2v) is 5.35. The van der Waals surface area contributed by atoms with Crippen LogP contribution in [0.3, 0.4) is 0 Å². The van der Waals surface area contributed by atoms with Crippen molar-refractivity contribution >= 4 is 11.1 Å².